The molecule has 1 saturated carbocycles. The Balaban J connectivity index is 0.000000671. The summed E-state index contributed by atoms with van der Waals surface area (Å²) in [5.41, 5.74) is -1.07. The third-order valence-corrected chi connectivity index (χ3v) is 1.93. The zero-order valence-corrected chi connectivity index (χ0v) is 8.39. The van der Waals surface area contributed by atoms with Crippen molar-refractivity contribution in [2.45, 2.75) is 33.6 Å². The predicted octanol–water partition coefficient (Wildman–Crippen LogP) is 1.01. The summed E-state index contributed by atoms with van der Waals surface area (Å²) in [5, 5.41) is 11.1. The zero-order valence-electron chi connectivity index (χ0n) is 8.39. The molecule has 76 valence electrons. The number of rotatable bonds is 3. The topological polar surface area (TPSA) is 66.4 Å². The summed E-state index contributed by atoms with van der Waals surface area (Å²) in [6.45, 7) is 6.27. The first kappa shape index (κ1) is 11.9. The molecule has 0 atom stereocenters. The highest BCUT2D eigenvalue weighted by Crippen LogP contribution is 2.45. The van der Waals surface area contributed by atoms with E-state index >= 15 is 0 Å². The lowest BCUT2D eigenvalue weighted by Crippen LogP contribution is -2.36. The van der Waals surface area contributed by atoms with Crippen LogP contribution in [0.3, 0.4) is 0 Å². The maximum Gasteiger partial charge on any atom is 0.319 e. The minimum Gasteiger partial charge on any atom is -0.480 e. The third-order valence-electron chi connectivity index (χ3n) is 1.93. The van der Waals surface area contributed by atoms with Crippen molar-refractivity contribution in [1.29, 1.82) is 0 Å². The van der Waals surface area contributed by atoms with Crippen molar-refractivity contribution in [3.63, 3.8) is 0 Å². The van der Waals surface area contributed by atoms with E-state index in [4.69, 9.17) is 5.11 Å². The molecule has 4 nitrogen and oxygen atoms in total. The summed E-state index contributed by atoms with van der Waals surface area (Å²) in [7, 11) is 0. The van der Waals surface area contributed by atoms with Crippen LogP contribution in [-0.2, 0) is 9.59 Å². The van der Waals surface area contributed by atoms with Crippen LogP contribution in [-0.4, -0.2) is 23.5 Å². The van der Waals surface area contributed by atoms with Gasteiger partial charge >= 0.3 is 5.97 Å². The van der Waals surface area contributed by atoms with E-state index in [0.29, 0.717) is 19.4 Å². The number of carboxylic acids is 1. The Labute approximate surface area is 78.3 Å². The lowest BCUT2D eigenvalue weighted by molar-refractivity contribution is -0.148. The third kappa shape index (κ3) is 2.44. The van der Waals surface area contributed by atoms with Crippen LogP contribution in [0, 0.1) is 5.41 Å². The first-order valence-electron chi connectivity index (χ1n) is 4.65. The summed E-state index contributed by atoms with van der Waals surface area (Å²) >= 11 is 0. The van der Waals surface area contributed by atoms with Crippen LogP contribution in [0.2, 0.25) is 0 Å². The molecule has 13 heavy (non-hydrogen) atoms. The summed E-state index contributed by atoms with van der Waals surface area (Å²) in [4.78, 5) is 21.6. The number of hydrogen-bond donors (Lipinski definition) is 2. The fourth-order valence-corrected chi connectivity index (χ4v) is 0.993. The highest BCUT2D eigenvalue weighted by Gasteiger charge is 2.56. The highest BCUT2D eigenvalue weighted by molar-refractivity contribution is 6.04. The maximum absolute atomic E-state index is 11.1. The smallest absolute Gasteiger partial charge is 0.319 e. The molecule has 1 rings (SSSR count). The molecule has 1 amide bonds. The summed E-state index contributed by atoms with van der Waals surface area (Å²) in [6, 6.07) is 0. The predicted molar refractivity (Wildman–Crippen MR) is 49.3 cm³/mol. The van der Waals surface area contributed by atoms with E-state index in [2.05, 4.69) is 5.32 Å². The Bertz CT molecular complexity index is 197. The average molecular weight is 187 g/mol. The van der Waals surface area contributed by atoms with Gasteiger partial charge in [0, 0.05) is 6.54 Å². The molecular weight excluding hydrogens is 170 g/mol. The SMILES string of the molecule is CC.CCNC(=O)C1(C(=O)O)CC1. The van der Waals surface area contributed by atoms with Crippen molar-refractivity contribution < 1.29 is 14.7 Å². The molecule has 0 aromatic heterocycles. The highest BCUT2D eigenvalue weighted by atomic mass is 16.4. The number of carboxylic acid groups (broad SMARTS) is 1. The maximum atomic E-state index is 11.1. The van der Waals surface area contributed by atoms with Crippen LogP contribution in [0.5, 0.6) is 0 Å². The van der Waals surface area contributed by atoms with Crippen LogP contribution in [0.4, 0.5) is 0 Å². The van der Waals surface area contributed by atoms with Crippen molar-refractivity contribution in [2.24, 2.45) is 5.41 Å². The van der Waals surface area contributed by atoms with Gasteiger partial charge in [0.05, 0.1) is 0 Å². The lowest BCUT2D eigenvalue weighted by atomic mass is 10.1. The number of nitrogens with one attached hydrogen (secondary N) is 1. The summed E-state index contributed by atoms with van der Waals surface area (Å²) in [5.74, 6) is -1.34. The van der Waals surface area contributed by atoms with Gasteiger partial charge in [-0.15, -0.1) is 0 Å². The molecule has 4 heteroatoms. The summed E-state index contributed by atoms with van der Waals surface area (Å²) < 4.78 is 0. The van der Waals surface area contributed by atoms with Crippen molar-refractivity contribution in [2.75, 3.05) is 6.54 Å². The quantitative estimate of drug-likeness (QED) is 0.648. The van der Waals surface area contributed by atoms with E-state index in [0.717, 1.165) is 0 Å². The molecule has 0 aromatic rings. The number of carbonyl (C=O) groups is 2. The molecule has 0 unspecified atom stereocenters. The van der Waals surface area contributed by atoms with Crippen molar-refractivity contribution in [1.82, 2.24) is 5.32 Å². The van der Waals surface area contributed by atoms with Gasteiger partial charge in [-0.05, 0) is 19.8 Å². The molecule has 0 aromatic carbocycles. The second kappa shape index (κ2) is 4.84. The van der Waals surface area contributed by atoms with Gasteiger partial charge in [0.1, 0.15) is 5.41 Å². The Hall–Kier alpha value is -1.06. The zero-order chi connectivity index (χ0) is 10.5. The van der Waals surface area contributed by atoms with Crippen LogP contribution < -0.4 is 5.32 Å². The van der Waals surface area contributed by atoms with E-state index in [1.165, 1.54) is 0 Å². The molecule has 0 saturated heterocycles. The first-order chi connectivity index (χ1) is 6.13. The molecule has 1 fully saturated rings. The van der Waals surface area contributed by atoms with Crippen LogP contribution in [0.15, 0.2) is 0 Å². The van der Waals surface area contributed by atoms with Crippen LogP contribution in [0.25, 0.3) is 0 Å². The van der Waals surface area contributed by atoms with Crippen molar-refractivity contribution in [3.8, 4) is 0 Å². The number of carbonyl (C=O) groups excluding carboxylic acids is 1. The van der Waals surface area contributed by atoms with Gasteiger partial charge in [0.15, 0.2) is 0 Å². The Morgan fingerprint density at radius 2 is 1.85 bits per heavy atom. The largest absolute Gasteiger partial charge is 0.480 e. The first-order valence-corrected chi connectivity index (χ1v) is 4.65. The summed E-state index contributed by atoms with van der Waals surface area (Å²) in [6.07, 6.45) is 0.961. The molecule has 0 heterocycles. The lowest BCUT2D eigenvalue weighted by Gasteiger charge is -2.07. The van der Waals surface area contributed by atoms with Crippen molar-refractivity contribution in [3.05, 3.63) is 0 Å². The van der Waals surface area contributed by atoms with E-state index in [1.807, 2.05) is 13.8 Å². The van der Waals surface area contributed by atoms with Crippen molar-refractivity contribution >= 4 is 11.9 Å². The normalized spacial score (nSPS) is 16.5. The molecule has 0 radical (unpaired) electrons. The van der Waals surface area contributed by atoms with Gasteiger partial charge in [0.25, 0.3) is 0 Å². The molecule has 0 aliphatic heterocycles. The second-order valence-corrected chi connectivity index (χ2v) is 2.75. The molecular formula is C9H17NO3. The molecule has 0 spiro atoms. The molecule has 2 N–H and O–H groups in total. The van der Waals surface area contributed by atoms with Gasteiger partial charge < -0.3 is 10.4 Å². The fraction of sp³-hybridized carbons (Fsp3) is 0.778. The van der Waals surface area contributed by atoms with Gasteiger partial charge in [-0.1, -0.05) is 13.8 Å². The van der Waals surface area contributed by atoms with Gasteiger partial charge in [-0.25, -0.2) is 0 Å². The standard InChI is InChI=1S/C7H11NO3.C2H6/c1-2-8-5(9)7(3-4-7)6(10)11;1-2/h2-4H2,1H3,(H,8,9)(H,10,11);1-2H3. The number of hydrogen-bond acceptors (Lipinski definition) is 2. The Morgan fingerprint density at radius 1 is 1.38 bits per heavy atom. The van der Waals surface area contributed by atoms with Crippen LogP contribution >= 0.6 is 0 Å². The van der Waals surface area contributed by atoms with E-state index in [-0.39, 0.29) is 5.91 Å². The molecule has 0 bridgehead atoms. The molecule has 1 aliphatic rings. The van der Waals surface area contributed by atoms with Gasteiger partial charge in [-0.3, -0.25) is 9.59 Å². The Kier molecular flexibility index (Phi) is 4.45. The van der Waals surface area contributed by atoms with E-state index < -0.39 is 11.4 Å². The average Bonchev–Trinajstić information content (AvgIpc) is 2.88. The molecule has 1 aliphatic carbocycles. The minimum absolute atomic E-state index is 0.340. The fourth-order valence-electron chi connectivity index (χ4n) is 0.993. The van der Waals surface area contributed by atoms with Crippen LogP contribution in [0.1, 0.15) is 33.6 Å². The Morgan fingerprint density at radius 3 is 2.08 bits per heavy atom. The second-order valence-electron chi connectivity index (χ2n) is 2.75. The van der Waals surface area contributed by atoms with Gasteiger partial charge in [0.2, 0.25) is 5.91 Å². The number of aliphatic carboxylic acids is 1. The minimum atomic E-state index is -1.07. The number of amides is 1. The van der Waals surface area contributed by atoms with E-state index in [9.17, 15) is 9.59 Å². The monoisotopic (exact) mass is 187 g/mol. The van der Waals surface area contributed by atoms with Gasteiger partial charge in [-0.2, -0.15) is 0 Å². The van der Waals surface area contributed by atoms with E-state index in [1.54, 1.807) is 6.92 Å².